The number of aromatic nitrogens is 2. The van der Waals surface area contributed by atoms with Crippen LogP contribution in [0.1, 0.15) is 11.8 Å². The summed E-state index contributed by atoms with van der Waals surface area (Å²) in [6.07, 6.45) is 0.910. The summed E-state index contributed by atoms with van der Waals surface area (Å²) in [4.78, 5) is 1.90. The van der Waals surface area contributed by atoms with Gasteiger partial charge in [0.25, 0.3) is 0 Å². The number of methoxy groups -OCH3 is 1. The Morgan fingerprint density at radius 2 is 2.31 bits per heavy atom. The highest BCUT2D eigenvalue weighted by atomic mass is 35.5. The van der Waals surface area contributed by atoms with Gasteiger partial charge in [-0.05, 0) is 14.1 Å². The molecule has 5 nitrogen and oxygen atoms in total. The second-order valence-electron chi connectivity index (χ2n) is 3.87. The molecule has 1 heterocycles. The molecule has 6 heteroatoms. The lowest BCUT2D eigenvalue weighted by atomic mass is 10.2. The molecule has 1 rings (SSSR count). The minimum absolute atomic E-state index is 0.491. The third-order valence-corrected chi connectivity index (χ3v) is 2.49. The lowest BCUT2D eigenvalue weighted by Gasteiger charge is -2.17. The van der Waals surface area contributed by atoms with Crippen molar-refractivity contribution in [2.45, 2.75) is 12.6 Å². The van der Waals surface area contributed by atoms with Crippen molar-refractivity contribution >= 4 is 11.6 Å². The van der Waals surface area contributed by atoms with Gasteiger partial charge in [-0.15, -0.1) is 0 Å². The highest BCUT2D eigenvalue weighted by Gasteiger charge is 2.18. The molecule has 1 aromatic rings. The summed E-state index contributed by atoms with van der Waals surface area (Å²) in [6.45, 7) is 1.64. The summed E-state index contributed by atoms with van der Waals surface area (Å²) in [5.74, 6) is 0. The van der Waals surface area contributed by atoms with Crippen molar-refractivity contribution in [1.82, 2.24) is 14.7 Å². The van der Waals surface area contributed by atoms with Crippen LogP contribution in [0.25, 0.3) is 0 Å². The molecule has 0 radical (unpaired) electrons. The van der Waals surface area contributed by atoms with E-state index in [4.69, 9.17) is 16.3 Å². The predicted molar refractivity (Wildman–Crippen MR) is 62.6 cm³/mol. The summed E-state index contributed by atoms with van der Waals surface area (Å²) in [5, 5.41) is 14.6. The minimum Gasteiger partial charge on any atom is -0.385 e. The van der Waals surface area contributed by atoms with Crippen LogP contribution in [0.5, 0.6) is 0 Å². The highest BCUT2D eigenvalue weighted by Crippen LogP contribution is 2.23. The summed E-state index contributed by atoms with van der Waals surface area (Å²) >= 11 is 6.00. The number of aliphatic hydroxyl groups excluding tert-OH is 1. The van der Waals surface area contributed by atoms with Crippen LogP contribution in [-0.4, -0.2) is 54.1 Å². The van der Waals surface area contributed by atoms with Gasteiger partial charge in [0.1, 0.15) is 6.10 Å². The molecule has 1 atom stereocenters. The van der Waals surface area contributed by atoms with E-state index in [9.17, 15) is 5.11 Å². The Kier molecular flexibility index (Phi) is 5.21. The van der Waals surface area contributed by atoms with E-state index in [-0.39, 0.29) is 0 Å². The second-order valence-corrected chi connectivity index (χ2v) is 4.28. The molecule has 0 aliphatic carbocycles. The first-order chi connectivity index (χ1) is 7.56. The Bertz CT molecular complexity index is 328. The number of rotatable bonds is 6. The van der Waals surface area contributed by atoms with Crippen molar-refractivity contribution in [1.29, 1.82) is 0 Å². The van der Waals surface area contributed by atoms with Gasteiger partial charge in [0.15, 0.2) is 0 Å². The molecule has 0 fully saturated rings. The van der Waals surface area contributed by atoms with Gasteiger partial charge in [-0.2, -0.15) is 5.10 Å². The number of aliphatic hydroxyl groups is 1. The normalized spacial score (nSPS) is 13.4. The SMILES string of the molecule is COCCn1ncc(Cl)c1C(O)CN(C)C. The van der Waals surface area contributed by atoms with E-state index in [2.05, 4.69) is 5.10 Å². The Morgan fingerprint density at radius 1 is 1.62 bits per heavy atom. The third kappa shape index (κ3) is 3.45. The Labute approximate surface area is 101 Å². The number of hydrogen-bond acceptors (Lipinski definition) is 4. The zero-order valence-corrected chi connectivity index (χ0v) is 10.6. The number of hydrogen-bond donors (Lipinski definition) is 1. The first-order valence-electron chi connectivity index (χ1n) is 5.09. The molecule has 0 aliphatic heterocycles. The Hall–Kier alpha value is -0.620. The molecule has 1 N–H and O–H groups in total. The standard InChI is InChI=1S/C10H18ClN3O2/c1-13(2)7-9(15)10-8(11)6-12-14(10)4-5-16-3/h6,9,15H,4-5,7H2,1-3H3. The highest BCUT2D eigenvalue weighted by molar-refractivity contribution is 6.31. The molecular formula is C10H18ClN3O2. The maximum absolute atomic E-state index is 10.0. The van der Waals surface area contributed by atoms with E-state index < -0.39 is 6.10 Å². The van der Waals surface area contributed by atoms with Gasteiger partial charge in [0.05, 0.1) is 30.1 Å². The molecule has 0 saturated heterocycles. The van der Waals surface area contributed by atoms with Crippen LogP contribution in [0.4, 0.5) is 0 Å². The largest absolute Gasteiger partial charge is 0.385 e. The average molecular weight is 248 g/mol. The Morgan fingerprint density at radius 3 is 2.88 bits per heavy atom. The van der Waals surface area contributed by atoms with Gasteiger partial charge < -0.3 is 14.7 Å². The fourth-order valence-electron chi connectivity index (χ4n) is 1.49. The second kappa shape index (κ2) is 6.20. The molecule has 16 heavy (non-hydrogen) atoms. The van der Waals surface area contributed by atoms with Crippen molar-refractivity contribution < 1.29 is 9.84 Å². The number of nitrogens with zero attached hydrogens (tertiary/aromatic N) is 3. The van der Waals surface area contributed by atoms with E-state index in [1.165, 1.54) is 0 Å². The van der Waals surface area contributed by atoms with Gasteiger partial charge in [-0.3, -0.25) is 4.68 Å². The monoisotopic (exact) mass is 247 g/mol. The molecule has 1 aromatic heterocycles. The first kappa shape index (κ1) is 13.4. The molecule has 0 saturated carbocycles. The number of likely N-dealkylation sites (N-methyl/N-ethyl adjacent to an activating group) is 1. The van der Waals surface area contributed by atoms with Crippen molar-refractivity contribution in [3.05, 3.63) is 16.9 Å². The lowest BCUT2D eigenvalue weighted by molar-refractivity contribution is 0.124. The number of ether oxygens (including phenoxy) is 1. The third-order valence-electron chi connectivity index (χ3n) is 2.19. The van der Waals surface area contributed by atoms with Crippen LogP contribution < -0.4 is 0 Å². The van der Waals surface area contributed by atoms with E-state index >= 15 is 0 Å². The van der Waals surface area contributed by atoms with E-state index in [1.807, 2.05) is 19.0 Å². The van der Waals surface area contributed by atoms with Crippen LogP contribution in [-0.2, 0) is 11.3 Å². The van der Waals surface area contributed by atoms with Gasteiger partial charge in [0.2, 0.25) is 0 Å². The topological polar surface area (TPSA) is 50.5 Å². The first-order valence-corrected chi connectivity index (χ1v) is 5.47. The quantitative estimate of drug-likeness (QED) is 0.807. The van der Waals surface area contributed by atoms with E-state index in [1.54, 1.807) is 18.0 Å². The van der Waals surface area contributed by atoms with Crippen LogP contribution in [0.15, 0.2) is 6.20 Å². The van der Waals surface area contributed by atoms with E-state index in [0.29, 0.717) is 30.4 Å². The summed E-state index contributed by atoms with van der Waals surface area (Å²) in [7, 11) is 5.42. The molecule has 92 valence electrons. The van der Waals surface area contributed by atoms with Gasteiger partial charge in [0, 0.05) is 13.7 Å². The van der Waals surface area contributed by atoms with Gasteiger partial charge in [-0.25, -0.2) is 0 Å². The fourth-order valence-corrected chi connectivity index (χ4v) is 1.76. The smallest absolute Gasteiger partial charge is 0.110 e. The average Bonchev–Trinajstić information content (AvgIpc) is 2.55. The van der Waals surface area contributed by atoms with E-state index in [0.717, 1.165) is 0 Å². The summed E-state index contributed by atoms with van der Waals surface area (Å²) < 4.78 is 6.66. The van der Waals surface area contributed by atoms with Crippen molar-refractivity contribution in [2.24, 2.45) is 0 Å². The van der Waals surface area contributed by atoms with Crippen LogP contribution >= 0.6 is 11.6 Å². The van der Waals surface area contributed by atoms with Crippen LogP contribution in [0.2, 0.25) is 5.02 Å². The van der Waals surface area contributed by atoms with Crippen molar-refractivity contribution in [2.75, 3.05) is 34.4 Å². The van der Waals surface area contributed by atoms with Crippen molar-refractivity contribution in [3.63, 3.8) is 0 Å². The maximum atomic E-state index is 10.0. The van der Waals surface area contributed by atoms with Crippen LogP contribution in [0.3, 0.4) is 0 Å². The molecule has 0 spiro atoms. The summed E-state index contributed by atoms with van der Waals surface area (Å²) in [5.41, 5.74) is 0.646. The molecule has 0 bridgehead atoms. The number of halogens is 1. The molecule has 0 aromatic carbocycles. The zero-order chi connectivity index (χ0) is 12.1. The molecule has 0 amide bonds. The van der Waals surface area contributed by atoms with Crippen molar-refractivity contribution in [3.8, 4) is 0 Å². The summed E-state index contributed by atoms with van der Waals surface area (Å²) in [6, 6.07) is 0. The minimum atomic E-state index is -0.637. The van der Waals surface area contributed by atoms with Crippen LogP contribution in [0, 0.1) is 0 Å². The van der Waals surface area contributed by atoms with Gasteiger partial charge >= 0.3 is 0 Å². The molecule has 1 unspecified atom stereocenters. The molecular weight excluding hydrogens is 230 g/mol. The lowest BCUT2D eigenvalue weighted by Crippen LogP contribution is -2.23. The predicted octanol–water partition coefficient (Wildman–Crippen LogP) is 0.778. The fraction of sp³-hybridized carbons (Fsp3) is 0.700. The molecule has 0 aliphatic rings. The maximum Gasteiger partial charge on any atom is 0.110 e. The zero-order valence-electron chi connectivity index (χ0n) is 9.85. The van der Waals surface area contributed by atoms with Gasteiger partial charge in [-0.1, -0.05) is 11.6 Å². The Balaban J connectivity index is 2.79.